The number of nitrogens with one attached hydrogen (secondary N) is 1. The van der Waals surface area contributed by atoms with E-state index in [9.17, 15) is 21.6 Å². The van der Waals surface area contributed by atoms with Gasteiger partial charge in [0.2, 0.25) is 0 Å². The number of rotatable bonds is 7. The lowest BCUT2D eigenvalue weighted by molar-refractivity contribution is -0.0436. The molecule has 0 aliphatic heterocycles. The fourth-order valence-corrected chi connectivity index (χ4v) is 2.35. The molecule has 5 nitrogen and oxygen atoms in total. The van der Waals surface area contributed by atoms with Crippen LogP contribution in [0.2, 0.25) is 0 Å². The normalized spacial score (nSPS) is 14.0. The van der Waals surface area contributed by atoms with Crippen molar-refractivity contribution in [3.8, 4) is 0 Å². The molecule has 1 aromatic rings. The van der Waals surface area contributed by atoms with E-state index in [1.54, 1.807) is 0 Å². The van der Waals surface area contributed by atoms with Crippen LogP contribution in [0.5, 0.6) is 0 Å². The molecule has 0 bridgehead atoms. The Bertz CT molecular complexity index is 544. The molecule has 0 aliphatic rings. The maximum Gasteiger partial charge on any atom is 0.501 e. The fraction of sp³-hybridized carbons (Fsp3) is 0.500. The number of halogens is 3. The molecule has 0 amide bonds. The summed E-state index contributed by atoms with van der Waals surface area (Å²) in [4.78, 5) is -0.781. The van der Waals surface area contributed by atoms with E-state index in [4.69, 9.17) is 10.5 Å². The van der Waals surface area contributed by atoms with Crippen LogP contribution < -0.4 is 11.1 Å². The lowest BCUT2D eigenvalue weighted by Crippen LogP contribution is -2.28. The van der Waals surface area contributed by atoms with Crippen molar-refractivity contribution in [3.05, 3.63) is 24.3 Å². The Balaban J connectivity index is 2.63. The standard InChI is InChI=1S/C12H17F3N2O3S/c1-20-8-9(16)6-7-17-10-2-4-11(5-3-10)21(18,19)12(13,14)15/h2-5,9,17H,6-8,16H2,1H3. The maximum absolute atomic E-state index is 12.4. The predicted molar refractivity (Wildman–Crippen MR) is 72.6 cm³/mol. The van der Waals surface area contributed by atoms with Crippen LogP contribution in [0.3, 0.4) is 0 Å². The summed E-state index contributed by atoms with van der Waals surface area (Å²) in [6.45, 7) is 0.903. The minimum atomic E-state index is -5.30. The van der Waals surface area contributed by atoms with Gasteiger partial charge in [-0.25, -0.2) is 8.42 Å². The molecule has 0 aliphatic carbocycles. The molecule has 3 N–H and O–H groups in total. The van der Waals surface area contributed by atoms with Gasteiger partial charge in [-0.1, -0.05) is 0 Å². The van der Waals surface area contributed by atoms with Gasteiger partial charge in [0.1, 0.15) is 0 Å². The Morgan fingerprint density at radius 2 is 1.86 bits per heavy atom. The number of benzene rings is 1. The summed E-state index contributed by atoms with van der Waals surface area (Å²) in [5.41, 5.74) is 0.926. The van der Waals surface area contributed by atoms with E-state index in [0.29, 0.717) is 25.3 Å². The average molecular weight is 326 g/mol. The molecule has 0 spiro atoms. The summed E-state index contributed by atoms with van der Waals surface area (Å²) in [7, 11) is -3.76. The van der Waals surface area contributed by atoms with Crippen molar-refractivity contribution >= 4 is 15.5 Å². The van der Waals surface area contributed by atoms with E-state index < -0.39 is 20.2 Å². The Morgan fingerprint density at radius 3 is 2.33 bits per heavy atom. The topological polar surface area (TPSA) is 81.4 Å². The SMILES string of the molecule is COCC(N)CCNc1ccc(S(=O)(=O)C(F)(F)F)cc1. The molecule has 1 aromatic carbocycles. The quantitative estimate of drug-likeness (QED) is 0.798. The van der Waals surface area contributed by atoms with Gasteiger partial charge < -0.3 is 15.8 Å². The molecular weight excluding hydrogens is 309 g/mol. The van der Waals surface area contributed by atoms with Gasteiger partial charge in [-0.2, -0.15) is 13.2 Å². The van der Waals surface area contributed by atoms with Crippen LogP contribution in [0.25, 0.3) is 0 Å². The minimum Gasteiger partial charge on any atom is -0.385 e. The molecule has 21 heavy (non-hydrogen) atoms. The molecule has 120 valence electrons. The number of hydrogen-bond acceptors (Lipinski definition) is 5. The van der Waals surface area contributed by atoms with Gasteiger partial charge in [-0.3, -0.25) is 0 Å². The molecule has 0 radical (unpaired) electrons. The molecular formula is C12H17F3N2O3S. The maximum atomic E-state index is 12.4. The highest BCUT2D eigenvalue weighted by atomic mass is 32.2. The second-order valence-electron chi connectivity index (χ2n) is 4.40. The van der Waals surface area contributed by atoms with Crippen molar-refractivity contribution in [2.75, 3.05) is 25.6 Å². The van der Waals surface area contributed by atoms with E-state index in [-0.39, 0.29) is 6.04 Å². The first-order chi connectivity index (χ1) is 9.68. The zero-order valence-electron chi connectivity index (χ0n) is 11.4. The summed E-state index contributed by atoms with van der Waals surface area (Å²) in [6.07, 6.45) is 0.608. The molecule has 0 fully saturated rings. The number of nitrogens with two attached hydrogens (primary N) is 1. The summed E-state index contributed by atoms with van der Waals surface area (Å²) in [5, 5.41) is 2.94. The monoisotopic (exact) mass is 326 g/mol. The fourth-order valence-electron chi connectivity index (χ4n) is 1.58. The van der Waals surface area contributed by atoms with E-state index in [1.807, 2.05) is 0 Å². The van der Waals surface area contributed by atoms with Crippen LogP contribution in [-0.2, 0) is 14.6 Å². The van der Waals surface area contributed by atoms with Crippen LogP contribution in [0.4, 0.5) is 18.9 Å². The molecule has 9 heteroatoms. The number of anilines is 1. The van der Waals surface area contributed by atoms with Gasteiger partial charge in [0, 0.05) is 25.4 Å². The smallest absolute Gasteiger partial charge is 0.385 e. The third-order valence-corrected chi connectivity index (χ3v) is 4.20. The molecule has 1 rings (SSSR count). The molecule has 0 saturated heterocycles. The second-order valence-corrected chi connectivity index (χ2v) is 6.35. The Morgan fingerprint density at radius 1 is 1.29 bits per heavy atom. The molecule has 0 aromatic heterocycles. The summed E-state index contributed by atoms with van der Waals surface area (Å²) in [6, 6.07) is 4.24. The first-order valence-corrected chi connectivity index (χ1v) is 7.56. The third kappa shape index (κ3) is 4.87. The van der Waals surface area contributed by atoms with Crippen molar-refractivity contribution < 1.29 is 26.3 Å². The minimum absolute atomic E-state index is 0.146. The largest absolute Gasteiger partial charge is 0.501 e. The lowest BCUT2D eigenvalue weighted by atomic mass is 10.2. The molecule has 0 heterocycles. The second kappa shape index (κ2) is 7.10. The first-order valence-electron chi connectivity index (χ1n) is 6.08. The van der Waals surface area contributed by atoms with E-state index in [0.717, 1.165) is 12.1 Å². The average Bonchev–Trinajstić information content (AvgIpc) is 2.38. The van der Waals surface area contributed by atoms with Gasteiger partial charge in [-0.05, 0) is 30.7 Å². The van der Waals surface area contributed by atoms with Gasteiger partial charge in [0.05, 0.1) is 11.5 Å². The Hall–Kier alpha value is -1.32. The molecule has 1 atom stereocenters. The Labute approximate surface area is 121 Å². The van der Waals surface area contributed by atoms with E-state index in [2.05, 4.69) is 5.32 Å². The first kappa shape index (κ1) is 17.7. The van der Waals surface area contributed by atoms with Gasteiger partial charge >= 0.3 is 5.51 Å². The third-order valence-electron chi connectivity index (χ3n) is 2.69. The van der Waals surface area contributed by atoms with Gasteiger partial charge in [0.25, 0.3) is 9.84 Å². The zero-order chi connectivity index (χ0) is 16.1. The van der Waals surface area contributed by atoms with Crippen LogP contribution in [0.1, 0.15) is 6.42 Å². The number of alkyl halides is 3. The lowest BCUT2D eigenvalue weighted by Gasteiger charge is -2.12. The van der Waals surface area contributed by atoms with Crippen molar-refractivity contribution in [2.45, 2.75) is 22.9 Å². The highest BCUT2D eigenvalue weighted by molar-refractivity contribution is 7.92. The predicted octanol–water partition coefficient (Wildman–Crippen LogP) is 1.76. The van der Waals surface area contributed by atoms with Crippen molar-refractivity contribution in [2.24, 2.45) is 5.73 Å². The number of ether oxygens (including phenoxy) is 1. The summed E-state index contributed by atoms with van der Waals surface area (Å²) >= 11 is 0. The van der Waals surface area contributed by atoms with E-state index in [1.165, 1.54) is 19.2 Å². The van der Waals surface area contributed by atoms with Crippen LogP contribution in [0, 0.1) is 0 Å². The molecule has 1 unspecified atom stereocenters. The highest BCUT2D eigenvalue weighted by Crippen LogP contribution is 2.30. The summed E-state index contributed by atoms with van der Waals surface area (Å²) in [5.74, 6) is 0. The summed E-state index contributed by atoms with van der Waals surface area (Å²) < 4.78 is 64.3. The Kier molecular flexibility index (Phi) is 5.99. The van der Waals surface area contributed by atoms with Crippen molar-refractivity contribution in [1.29, 1.82) is 0 Å². The zero-order valence-corrected chi connectivity index (χ0v) is 12.2. The number of sulfone groups is 1. The van der Waals surface area contributed by atoms with Crippen LogP contribution >= 0.6 is 0 Å². The van der Waals surface area contributed by atoms with Crippen molar-refractivity contribution in [3.63, 3.8) is 0 Å². The highest BCUT2D eigenvalue weighted by Gasteiger charge is 2.46. The number of hydrogen-bond donors (Lipinski definition) is 2. The van der Waals surface area contributed by atoms with Crippen LogP contribution in [0.15, 0.2) is 29.2 Å². The van der Waals surface area contributed by atoms with Crippen LogP contribution in [-0.4, -0.2) is 40.2 Å². The van der Waals surface area contributed by atoms with E-state index >= 15 is 0 Å². The van der Waals surface area contributed by atoms with Gasteiger partial charge in [-0.15, -0.1) is 0 Å². The number of methoxy groups -OCH3 is 1. The molecule has 0 saturated carbocycles. The van der Waals surface area contributed by atoms with Gasteiger partial charge in [0.15, 0.2) is 0 Å². The van der Waals surface area contributed by atoms with Crippen molar-refractivity contribution in [1.82, 2.24) is 0 Å².